The maximum absolute atomic E-state index is 11.4. The average Bonchev–Trinajstić information content (AvgIpc) is 2.64. The van der Waals surface area contributed by atoms with Crippen molar-refractivity contribution in [2.45, 2.75) is 6.92 Å². The van der Waals surface area contributed by atoms with Gasteiger partial charge < -0.3 is 0 Å². The summed E-state index contributed by atoms with van der Waals surface area (Å²) in [7, 11) is -3.51. The van der Waals surface area contributed by atoms with Crippen LogP contribution in [0.5, 0.6) is 0 Å². The molecule has 7 nitrogen and oxygen atoms in total. The van der Waals surface area contributed by atoms with Crippen LogP contribution in [0.25, 0.3) is 10.7 Å². The lowest BCUT2D eigenvalue weighted by atomic mass is 10.3. The van der Waals surface area contributed by atoms with Crippen LogP contribution in [0, 0.1) is 12.3 Å². The molecule has 0 radical (unpaired) electrons. The van der Waals surface area contributed by atoms with Gasteiger partial charge >= 0.3 is 5.69 Å². The molecule has 0 spiro atoms. The maximum Gasteiger partial charge on any atom is 0.450 e. The number of sulfonamides is 1. The molecule has 0 aliphatic heterocycles. The van der Waals surface area contributed by atoms with E-state index in [1.165, 1.54) is 4.68 Å². The molecule has 0 atom stereocenters. The number of rotatable bonds is 3. The SMILES string of the molecule is Cc1nn(-c2ccccc2)c(NS(C)(=O)=O)c1[N+]#N. The summed E-state index contributed by atoms with van der Waals surface area (Å²) in [5.41, 5.74) is 1.17. The molecule has 19 heavy (non-hydrogen) atoms. The number of aromatic nitrogens is 2. The second kappa shape index (κ2) is 4.70. The van der Waals surface area contributed by atoms with Gasteiger partial charge in [0.05, 0.1) is 11.9 Å². The quantitative estimate of drug-likeness (QED) is 0.869. The highest BCUT2D eigenvalue weighted by Crippen LogP contribution is 2.31. The molecule has 1 aromatic carbocycles. The zero-order valence-corrected chi connectivity index (χ0v) is 11.2. The normalized spacial score (nSPS) is 11.0. The van der Waals surface area contributed by atoms with Gasteiger partial charge in [0.2, 0.25) is 21.2 Å². The first-order valence-corrected chi connectivity index (χ1v) is 7.29. The number of hydrogen-bond acceptors (Lipinski definition) is 4. The Morgan fingerprint density at radius 2 is 1.95 bits per heavy atom. The Balaban J connectivity index is 2.66. The smallest absolute Gasteiger partial charge is 0.261 e. The van der Waals surface area contributed by atoms with Crippen LogP contribution in [0.2, 0.25) is 0 Å². The van der Waals surface area contributed by atoms with E-state index in [-0.39, 0.29) is 11.5 Å². The van der Waals surface area contributed by atoms with E-state index < -0.39 is 10.0 Å². The van der Waals surface area contributed by atoms with Gasteiger partial charge in [-0.15, -0.1) is 0 Å². The molecule has 0 aliphatic rings. The molecule has 0 aliphatic carbocycles. The molecular formula is C11H12N5O2S+. The fourth-order valence-corrected chi connectivity index (χ4v) is 2.20. The number of nitrogens with zero attached hydrogens (tertiary/aromatic N) is 4. The van der Waals surface area contributed by atoms with Crippen LogP contribution in [-0.2, 0) is 10.0 Å². The Morgan fingerprint density at radius 1 is 1.32 bits per heavy atom. The van der Waals surface area contributed by atoms with Crippen molar-refractivity contribution in [3.8, 4) is 5.69 Å². The molecule has 0 unspecified atom stereocenters. The minimum Gasteiger partial charge on any atom is -0.261 e. The van der Waals surface area contributed by atoms with Crippen LogP contribution < -0.4 is 4.72 Å². The lowest BCUT2D eigenvalue weighted by Crippen LogP contribution is -2.13. The minimum atomic E-state index is -3.51. The molecule has 1 N–H and O–H groups in total. The summed E-state index contributed by atoms with van der Waals surface area (Å²) in [6.45, 7) is 1.63. The predicted molar refractivity (Wildman–Crippen MR) is 71.5 cm³/mol. The summed E-state index contributed by atoms with van der Waals surface area (Å²) >= 11 is 0. The van der Waals surface area contributed by atoms with E-state index in [9.17, 15) is 8.42 Å². The van der Waals surface area contributed by atoms with Gasteiger partial charge in [0.1, 0.15) is 0 Å². The molecule has 1 heterocycles. The predicted octanol–water partition coefficient (Wildman–Crippen LogP) is 2.04. The minimum absolute atomic E-state index is 0.0919. The van der Waals surface area contributed by atoms with Crippen molar-refractivity contribution in [1.82, 2.24) is 9.78 Å². The van der Waals surface area contributed by atoms with E-state index >= 15 is 0 Å². The number of anilines is 1. The highest BCUT2D eigenvalue weighted by molar-refractivity contribution is 7.92. The fourth-order valence-electron chi connectivity index (χ4n) is 1.66. The van der Waals surface area contributed by atoms with E-state index in [0.717, 1.165) is 6.26 Å². The van der Waals surface area contributed by atoms with Crippen LogP contribution in [0.1, 0.15) is 5.69 Å². The summed E-state index contributed by atoms with van der Waals surface area (Å²) in [5.74, 6) is 0.105. The van der Waals surface area contributed by atoms with Crippen LogP contribution in [0.3, 0.4) is 0 Å². The molecule has 0 fully saturated rings. The molecule has 0 saturated carbocycles. The molecule has 8 heteroatoms. The fraction of sp³-hybridized carbons (Fsp3) is 0.182. The lowest BCUT2D eigenvalue weighted by Gasteiger charge is -2.05. The average molecular weight is 278 g/mol. The van der Waals surface area contributed by atoms with E-state index in [0.29, 0.717) is 11.4 Å². The largest absolute Gasteiger partial charge is 0.450 e. The monoisotopic (exact) mass is 278 g/mol. The summed E-state index contributed by atoms with van der Waals surface area (Å²) in [6.07, 6.45) is 1.02. The second-order valence-electron chi connectivity index (χ2n) is 4.00. The van der Waals surface area contributed by atoms with E-state index in [2.05, 4.69) is 14.8 Å². The maximum atomic E-state index is 11.4. The molecule has 98 valence electrons. The highest BCUT2D eigenvalue weighted by Gasteiger charge is 2.28. The number of hydrogen-bond donors (Lipinski definition) is 1. The van der Waals surface area contributed by atoms with Gasteiger partial charge in [-0.25, -0.2) is 13.1 Å². The second-order valence-corrected chi connectivity index (χ2v) is 5.75. The van der Waals surface area contributed by atoms with Gasteiger partial charge in [0.25, 0.3) is 0 Å². The molecule has 0 bridgehead atoms. The third-order valence-electron chi connectivity index (χ3n) is 2.41. The van der Waals surface area contributed by atoms with E-state index in [4.69, 9.17) is 5.39 Å². The van der Waals surface area contributed by atoms with Crippen LogP contribution >= 0.6 is 0 Å². The van der Waals surface area contributed by atoms with Gasteiger partial charge in [-0.05, 0) is 19.1 Å². The number of diazo groups is 1. The number of aryl methyl sites for hydroxylation is 1. The van der Waals surface area contributed by atoms with Gasteiger partial charge in [-0.2, -0.15) is 5.10 Å². The topological polar surface area (TPSA) is 92.1 Å². The molecule has 2 rings (SSSR count). The van der Waals surface area contributed by atoms with Crippen molar-refractivity contribution in [2.75, 3.05) is 11.0 Å². The Bertz CT molecular complexity index is 743. The van der Waals surface area contributed by atoms with Crippen molar-refractivity contribution in [2.24, 2.45) is 0 Å². The standard InChI is InChI=1S/C11H12N5O2S/c1-8-10(13-12)11(15-19(2,17)18)16(14-8)9-6-4-3-5-7-9/h3-7,15H,1-2H3/q+1. The van der Waals surface area contributed by atoms with Crippen molar-refractivity contribution in [1.29, 1.82) is 5.39 Å². The van der Waals surface area contributed by atoms with Gasteiger partial charge in [0, 0.05) is 0 Å². The van der Waals surface area contributed by atoms with Crippen molar-refractivity contribution < 1.29 is 8.42 Å². The van der Waals surface area contributed by atoms with E-state index in [1.807, 2.05) is 6.07 Å². The van der Waals surface area contributed by atoms with Crippen LogP contribution in [0.15, 0.2) is 30.3 Å². The Morgan fingerprint density at radius 3 is 2.47 bits per heavy atom. The lowest BCUT2D eigenvalue weighted by molar-refractivity contribution is 0.606. The Hall–Kier alpha value is -2.40. The first-order chi connectivity index (χ1) is 8.92. The number of nitrogens with one attached hydrogen (secondary N) is 1. The summed E-state index contributed by atoms with van der Waals surface area (Å²) < 4.78 is 26.5. The summed E-state index contributed by atoms with van der Waals surface area (Å²) in [5, 5.41) is 13.2. The highest BCUT2D eigenvalue weighted by atomic mass is 32.2. The van der Waals surface area contributed by atoms with Gasteiger partial charge in [0.15, 0.2) is 10.7 Å². The zero-order chi connectivity index (χ0) is 14.0. The number of benzene rings is 1. The van der Waals surface area contributed by atoms with Crippen LogP contribution in [-0.4, -0.2) is 24.5 Å². The van der Waals surface area contributed by atoms with Gasteiger partial charge in [-0.3, -0.25) is 4.72 Å². The first-order valence-electron chi connectivity index (χ1n) is 5.40. The molecule has 0 amide bonds. The molecule has 2 aromatic rings. The Labute approximate surface area is 110 Å². The summed E-state index contributed by atoms with van der Waals surface area (Å²) in [6, 6.07) is 8.96. The zero-order valence-electron chi connectivity index (χ0n) is 10.4. The molecule has 0 saturated heterocycles. The van der Waals surface area contributed by atoms with E-state index in [1.54, 1.807) is 31.2 Å². The summed E-state index contributed by atoms with van der Waals surface area (Å²) in [4.78, 5) is 3.09. The number of para-hydroxylation sites is 1. The third-order valence-corrected chi connectivity index (χ3v) is 2.98. The Kier molecular flexibility index (Phi) is 3.23. The first kappa shape index (κ1) is 13.0. The van der Waals surface area contributed by atoms with Crippen molar-refractivity contribution >= 4 is 21.5 Å². The van der Waals surface area contributed by atoms with Crippen molar-refractivity contribution in [3.63, 3.8) is 0 Å². The van der Waals surface area contributed by atoms with Crippen LogP contribution in [0.4, 0.5) is 11.5 Å². The van der Waals surface area contributed by atoms with Crippen molar-refractivity contribution in [3.05, 3.63) is 41.0 Å². The van der Waals surface area contributed by atoms with Gasteiger partial charge in [-0.1, -0.05) is 18.2 Å². The third kappa shape index (κ3) is 2.71. The molecular weight excluding hydrogens is 266 g/mol. The molecule has 1 aromatic heterocycles.